The van der Waals surface area contributed by atoms with E-state index in [1.807, 2.05) is 20.8 Å². The molecule has 0 saturated heterocycles. The van der Waals surface area contributed by atoms with Crippen molar-refractivity contribution in [3.63, 3.8) is 0 Å². The van der Waals surface area contributed by atoms with Crippen LogP contribution in [0.3, 0.4) is 0 Å². The Kier molecular flexibility index (Phi) is 5.08. The molecular weight excluding hydrogens is 218 g/mol. The van der Waals surface area contributed by atoms with Crippen LogP contribution in [0.15, 0.2) is 4.52 Å². The lowest BCUT2D eigenvalue weighted by Crippen LogP contribution is -2.32. The van der Waals surface area contributed by atoms with Crippen LogP contribution in [-0.2, 0) is 10.3 Å². The number of hydrogen-bond donors (Lipinski definition) is 1. The molecule has 0 spiro atoms. The van der Waals surface area contributed by atoms with Crippen LogP contribution in [0.2, 0.25) is 0 Å². The quantitative estimate of drug-likeness (QED) is 0.794. The molecule has 0 aliphatic rings. The first kappa shape index (κ1) is 14.1. The van der Waals surface area contributed by atoms with E-state index in [1.54, 1.807) is 0 Å². The summed E-state index contributed by atoms with van der Waals surface area (Å²) in [7, 11) is 0. The van der Waals surface area contributed by atoms with Crippen LogP contribution in [0.5, 0.6) is 0 Å². The maximum Gasteiger partial charge on any atom is 0.246 e. The van der Waals surface area contributed by atoms with E-state index >= 15 is 0 Å². The molecule has 1 aromatic rings. The molecule has 5 nitrogen and oxygen atoms in total. The largest absolute Gasteiger partial charge is 0.370 e. The Balaban J connectivity index is 2.84. The van der Waals surface area contributed by atoms with Crippen molar-refractivity contribution in [2.45, 2.75) is 58.6 Å². The Morgan fingerprint density at radius 2 is 2.12 bits per heavy atom. The van der Waals surface area contributed by atoms with Crippen molar-refractivity contribution in [3.05, 3.63) is 11.7 Å². The second-order valence-corrected chi connectivity index (χ2v) is 4.46. The van der Waals surface area contributed by atoms with Crippen LogP contribution in [0.1, 0.15) is 64.8 Å². The van der Waals surface area contributed by atoms with Crippen LogP contribution < -0.4 is 5.73 Å². The number of nitrogens with zero attached hydrogens (tertiary/aromatic N) is 2. The monoisotopic (exact) mass is 241 g/mol. The summed E-state index contributed by atoms with van der Waals surface area (Å²) in [5.41, 5.74) is 5.50. The third-order valence-electron chi connectivity index (χ3n) is 2.87. The first-order valence-electron chi connectivity index (χ1n) is 6.29. The second kappa shape index (κ2) is 6.12. The van der Waals surface area contributed by atoms with E-state index in [2.05, 4.69) is 17.1 Å². The molecule has 0 amide bonds. The molecule has 2 N–H and O–H groups in total. The van der Waals surface area contributed by atoms with Crippen molar-refractivity contribution in [1.82, 2.24) is 10.1 Å². The third-order valence-corrected chi connectivity index (χ3v) is 2.87. The van der Waals surface area contributed by atoms with Gasteiger partial charge in [0.1, 0.15) is 6.10 Å². The van der Waals surface area contributed by atoms with Crippen molar-refractivity contribution in [3.8, 4) is 0 Å². The first-order chi connectivity index (χ1) is 8.05. The fourth-order valence-electron chi connectivity index (χ4n) is 1.50. The van der Waals surface area contributed by atoms with Gasteiger partial charge in [0.25, 0.3) is 0 Å². The van der Waals surface area contributed by atoms with Gasteiger partial charge in [-0.15, -0.1) is 0 Å². The summed E-state index contributed by atoms with van der Waals surface area (Å²) in [5, 5.41) is 3.98. The Labute approximate surface area is 103 Å². The molecule has 0 fully saturated rings. The molecule has 2 atom stereocenters. The Morgan fingerprint density at radius 3 is 2.65 bits per heavy atom. The summed E-state index contributed by atoms with van der Waals surface area (Å²) in [6.07, 6.45) is 2.57. The van der Waals surface area contributed by atoms with Crippen LogP contribution >= 0.6 is 0 Å². The SMILES string of the molecule is CCCC(OCC)c1noc(C(C)(N)CC)n1. The summed E-state index contributed by atoms with van der Waals surface area (Å²) in [6.45, 7) is 8.59. The zero-order valence-electron chi connectivity index (χ0n) is 11.2. The molecule has 1 rings (SSSR count). The highest BCUT2D eigenvalue weighted by molar-refractivity contribution is 5.01. The summed E-state index contributed by atoms with van der Waals surface area (Å²) in [5.74, 6) is 1.09. The normalized spacial score (nSPS) is 16.8. The Bertz CT molecular complexity index is 330. The van der Waals surface area contributed by atoms with Gasteiger partial charge in [0.2, 0.25) is 11.7 Å². The van der Waals surface area contributed by atoms with Crippen LogP contribution in [0.25, 0.3) is 0 Å². The summed E-state index contributed by atoms with van der Waals surface area (Å²) in [4.78, 5) is 4.36. The lowest BCUT2D eigenvalue weighted by Gasteiger charge is -2.16. The zero-order valence-corrected chi connectivity index (χ0v) is 11.2. The highest BCUT2D eigenvalue weighted by Crippen LogP contribution is 2.24. The standard InChI is InChI=1S/C12H23N3O2/c1-5-8-9(16-7-3)10-14-11(17-15-10)12(4,13)6-2/h9H,5-8,13H2,1-4H3. The molecule has 1 heterocycles. The molecule has 0 aliphatic heterocycles. The molecule has 2 unspecified atom stereocenters. The average Bonchev–Trinajstić information content (AvgIpc) is 2.78. The minimum Gasteiger partial charge on any atom is -0.370 e. The van der Waals surface area contributed by atoms with E-state index in [9.17, 15) is 0 Å². The fraction of sp³-hybridized carbons (Fsp3) is 0.833. The zero-order chi connectivity index (χ0) is 12.9. The van der Waals surface area contributed by atoms with Gasteiger partial charge in [-0.3, -0.25) is 0 Å². The maximum absolute atomic E-state index is 6.06. The van der Waals surface area contributed by atoms with E-state index in [4.69, 9.17) is 15.0 Å². The van der Waals surface area contributed by atoms with Gasteiger partial charge in [-0.05, 0) is 26.7 Å². The molecule has 98 valence electrons. The van der Waals surface area contributed by atoms with Gasteiger partial charge in [0, 0.05) is 6.61 Å². The number of hydrogen-bond acceptors (Lipinski definition) is 5. The summed E-state index contributed by atoms with van der Waals surface area (Å²) >= 11 is 0. The number of nitrogens with two attached hydrogens (primary N) is 1. The van der Waals surface area contributed by atoms with Gasteiger partial charge in [-0.25, -0.2) is 0 Å². The van der Waals surface area contributed by atoms with Gasteiger partial charge in [-0.2, -0.15) is 4.98 Å². The fourth-order valence-corrected chi connectivity index (χ4v) is 1.50. The van der Waals surface area contributed by atoms with Gasteiger partial charge < -0.3 is 15.0 Å². The van der Waals surface area contributed by atoms with E-state index in [-0.39, 0.29) is 6.10 Å². The number of ether oxygens (including phenoxy) is 1. The van der Waals surface area contributed by atoms with Gasteiger partial charge in [-0.1, -0.05) is 25.4 Å². The van der Waals surface area contributed by atoms with Crippen LogP contribution in [0, 0.1) is 0 Å². The minimum atomic E-state index is -0.561. The Hall–Kier alpha value is -0.940. The van der Waals surface area contributed by atoms with Crippen molar-refractivity contribution in [2.75, 3.05) is 6.61 Å². The highest BCUT2D eigenvalue weighted by Gasteiger charge is 2.28. The maximum atomic E-state index is 6.06. The van der Waals surface area contributed by atoms with Gasteiger partial charge >= 0.3 is 0 Å². The van der Waals surface area contributed by atoms with Crippen molar-refractivity contribution in [1.29, 1.82) is 0 Å². The smallest absolute Gasteiger partial charge is 0.246 e. The van der Waals surface area contributed by atoms with Crippen LogP contribution in [-0.4, -0.2) is 16.7 Å². The van der Waals surface area contributed by atoms with E-state index < -0.39 is 5.54 Å². The van der Waals surface area contributed by atoms with E-state index in [0.717, 1.165) is 19.3 Å². The Morgan fingerprint density at radius 1 is 1.41 bits per heavy atom. The topological polar surface area (TPSA) is 74.2 Å². The summed E-state index contributed by atoms with van der Waals surface area (Å²) < 4.78 is 10.8. The van der Waals surface area contributed by atoms with Crippen molar-refractivity contribution >= 4 is 0 Å². The average molecular weight is 241 g/mol. The van der Waals surface area contributed by atoms with Crippen molar-refractivity contribution < 1.29 is 9.26 Å². The van der Waals surface area contributed by atoms with Gasteiger partial charge in [0.05, 0.1) is 5.54 Å². The molecule has 5 heteroatoms. The van der Waals surface area contributed by atoms with E-state index in [1.165, 1.54) is 0 Å². The number of aromatic nitrogens is 2. The highest BCUT2D eigenvalue weighted by atomic mass is 16.5. The number of rotatable bonds is 7. The lowest BCUT2D eigenvalue weighted by molar-refractivity contribution is 0.0477. The van der Waals surface area contributed by atoms with Crippen molar-refractivity contribution in [2.24, 2.45) is 5.73 Å². The molecule has 1 aromatic heterocycles. The molecular formula is C12H23N3O2. The predicted molar refractivity (Wildman–Crippen MR) is 65.4 cm³/mol. The third kappa shape index (κ3) is 3.51. The van der Waals surface area contributed by atoms with E-state index in [0.29, 0.717) is 18.3 Å². The minimum absolute atomic E-state index is 0.0878. The van der Waals surface area contributed by atoms with Gasteiger partial charge in [0.15, 0.2) is 0 Å². The molecule has 17 heavy (non-hydrogen) atoms. The lowest BCUT2D eigenvalue weighted by atomic mass is 10.0. The molecule has 0 bridgehead atoms. The summed E-state index contributed by atoms with van der Waals surface area (Å²) in [6, 6.07) is 0. The second-order valence-electron chi connectivity index (χ2n) is 4.46. The van der Waals surface area contributed by atoms with Crippen LogP contribution in [0.4, 0.5) is 0 Å². The molecule has 0 aliphatic carbocycles. The molecule has 0 aromatic carbocycles. The first-order valence-corrected chi connectivity index (χ1v) is 6.29. The predicted octanol–water partition coefficient (Wildman–Crippen LogP) is 2.53. The molecule has 0 saturated carbocycles. The molecule has 0 radical (unpaired) electrons.